The smallest absolute Gasteiger partial charge is 0.186 e. The lowest BCUT2D eigenvalue weighted by Gasteiger charge is -2.31. The van der Waals surface area contributed by atoms with Crippen LogP contribution in [0.3, 0.4) is 0 Å². The number of ketones is 1. The van der Waals surface area contributed by atoms with Gasteiger partial charge < -0.3 is 9.64 Å². The molecule has 172 valence electrons. The molecule has 3 aromatic carbocycles. The first kappa shape index (κ1) is 23.6. The Labute approximate surface area is 202 Å². The molecule has 4 rings (SSSR count). The van der Waals surface area contributed by atoms with Crippen LogP contribution in [0.5, 0.6) is 5.75 Å². The molecular formula is C29H29N2O2P. The third-order valence-electron chi connectivity index (χ3n) is 6.39. The number of ether oxygens (including phenoxy) is 1. The highest BCUT2D eigenvalue weighted by atomic mass is 31.2. The van der Waals surface area contributed by atoms with Crippen LogP contribution in [0.4, 0.5) is 0 Å². The highest BCUT2D eigenvalue weighted by molar-refractivity contribution is 7.93. The predicted octanol–water partition coefficient (Wildman–Crippen LogP) is 5.20. The quantitative estimate of drug-likeness (QED) is 0.272. The summed E-state index contributed by atoms with van der Waals surface area (Å²) in [5.41, 5.74) is 1.55. The first-order chi connectivity index (χ1) is 16.6. The van der Waals surface area contributed by atoms with Gasteiger partial charge in [0.25, 0.3) is 0 Å². The minimum Gasteiger partial charge on any atom is -0.497 e. The van der Waals surface area contributed by atoms with Crippen molar-refractivity contribution in [2.75, 3.05) is 20.2 Å². The Bertz CT molecular complexity index is 1220. The number of likely N-dealkylation sites (tertiary alicyclic amines) is 1. The van der Waals surface area contributed by atoms with Crippen molar-refractivity contribution in [1.82, 2.24) is 4.90 Å². The van der Waals surface area contributed by atoms with Gasteiger partial charge in [-0.1, -0.05) is 60.7 Å². The fourth-order valence-corrected chi connectivity index (χ4v) is 8.41. The van der Waals surface area contributed by atoms with E-state index in [9.17, 15) is 10.1 Å². The molecule has 4 nitrogen and oxygen atoms in total. The molecule has 1 heterocycles. The molecule has 0 N–H and O–H groups in total. The summed E-state index contributed by atoms with van der Waals surface area (Å²) in [4.78, 5) is 16.1. The molecule has 0 spiro atoms. The lowest BCUT2D eigenvalue weighted by Crippen LogP contribution is -2.25. The summed E-state index contributed by atoms with van der Waals surface area (Å²) < 4.78 is 5.26. The molecule has 34 heavy (non-hydrogen) atoms. The summed E-state index contributed by atoms with van der Waals surface area (Å²) in [6.07, 6.45) is 2.24. The summed E-state index contributed by atoms with van der Waals surface area (Å²) in [5.74, 6) is 2.44. The van der Waals surface area contributed by atoms with Gasteiger partial charge in [-0.2, -0.15) is 5.26 Å². The monoisotopic (exact) mass is 468 g/mol. The average Bonchev–Trinajstić information content (AvgIpc) is 3.44. The molecule has 0 radical (unpaired) electrons. The van der Waals surface area contributed by atoms with Crippen LogP contribution in [-0.2, 0) is 0 Å². The second kappa shape index (κ2) is 10.6. The summed E-state index contributed by atoms with van der Waals surface area (Å²) in [7, 11) is 1.61. The van der Waals surface area contributed by atoms with E-state index in [0.717, 1.165) is 42.2 Å². The summed E-state index contributed by atoms with van der Waals surface area (Å²) >= 11 is 0. The van der Waals surface area contributed by atoms with Crippen LogP contribution >= 0.6 is 6.89 Å². The lowest BCUT2D eigenvalue weighted by atomic mass is 10.1. The zero-order valence-corrected chi connectivity index (χ0v) is 20.5. The number of Topliss-reactive ketones (excluding diaryl/α,β-unsaturated/α-hetero) is 1. The number of rotatable bonds is 7. The number of allylic oxidation sites excluding steroid dienone is 2. The number of methoxy groups -OCH3 is 1. The standard InChI is InChI=1S/C29H29N2O2P/c1-23(31-19-9-10-20-31)29(21-30)34(26-11-5-3-6-12-26,27-13-7-4-8-14-27)22-28(32)24-15-17-25(33-2)18-16-24/h3-8,11-18,22H,9-10,19-20H2,1-2H3/b29-23-. The third-order valence-corrected chi connectivity index (χ3v) is 10.4. The van der Waals surface area contributed by atoms with E-state index in [2.05, 4.69) is 11.0 Å². The number of carbonyl (C=O) groups is 1. The van der Waals surface area contributed by atoms with E-state index in [1.165, 1.54) is 0 Å². The molecule has 5 heteroatoms. The summed E-state index contributed by atoms with van der Waals surface area (Å²) in [6, 6.07) is 29.8. The normalized spacial score (nSPS) is 14.2. The van der Waals surface area contributed by atoms with E-state index >= 15 is 0 Å². The highest BCUT2D eigenvalue weighted by Gasteiger charge is 2.32. The van der Waals surface area contributed by atoms with Crippen molar-refractivity contribution in [3.63, 3.8) is 0 Å². The first-order valence-corrected chi connectivity index (χ1v) is 13.4. The SMILES string of the molecule is COc1ccc(C(=O)C=P(/C(C#N)=C(/C)N2CCCC2)(c2ccccc2)c2ccccc2)cc1. The van der Waals surface area contributed by atoms with Gasteiger partial charge in [-0.25, -0.2) is 0 Å². The van der Waals surface area contributed by atoms with E-state index in [0.29, 0.717) is 16.6 Å². The number of benzene rings is 3. The van der Waals surface area contributed by atoms with Crippen LogP contribution in [0.2, 0.25) is 0 Å². The maximum atomic E-state index is 13.8. The molecule has 1 fully saturated rings. The number of nitrogens with zero attached hydrogens (tertiary/aromatic N) is 2. The van der Waals surface area contributed by atoms with Crippen LogP contribution in [0.15, 0.2) is 95.9 Å². The Hall–Kier alpha value is -3.54. The van der Waals surface area contributed by atoms with Gasteiger partial charge in [0.15, 0.2) is 5.78 Å². The number of carbonyl (C=O) groups excluding carboxylic acids is 1. The fourth-order valence-electron chi connectivity index (χ4n) is 4.57. The van der Waals surface area contributed by atoms with Crippen molar-refractivity contribution in [1.29, 1.82) is 5.26 Å². The topological polar surface area (TPSA) is 53.3 Å². The molecule has 0 aromatic heterocycles. The maximum Gasteiger partial charge on any atom is 0.186 e. The summed E-state index contributed by atoms with van der Waals surface area (Å²) in [6.45, 7) is 1.22. The second-order valence-corrected chi connectivity index (χ2v) is 11.5. The molecule has 0 amide bonds. The van der Waals surface area contributed by atoms with Gasteiger partial charge in [0.05, 0.1) is 12.4 Å². The minimum atomic E-state index is -2.69. The Morgan fingerprint density at radius 1 is 0.912 bits per heavy atom. The molecule has 0 aliphatic carbocycles. The van der Waals surface area contributed by atoms with Crippen LogP contribution in [-0.4, -0.2) is 36.7 Å². The van der Waals surface area contributed by atoms with Crippen molar-refractivity contribution in [2.45, 2.75) is 19.8 Å². The van der Waals surface area contributed by atoms with Gasteiger partial charge in [-0.3, -0.25) is 4.79 Å². The van der Waals surface area contributed by atoms with Gasteiger partial charge in [0, 0.05) is 24.4 Å². The van der Waals surface area contributed by atoms with Crippen molar-refractivity contribution in [3.8, 4) is 11.8 Å². The molecule has 0 bridgehead atoms. The molecule has 0 saturated carbocycles. The largest absolute Gasteiger partial charge is 0.497 e. The van der Waals surface area contributed by atoms with Gasteiger partial charge >= 0.3 is 0 Å². The zero-order valence-electron chi connectivity index (χ0n) is 19.6. The third kappa shape index (κ3) is 4.58. The van der Waals surface area contributed by atoms with Gasteiger partial charge in [0.1, 0.15) is 11.8 Å². The zero-order chi connectivity index (χ0) is 24.0. The Morgan fingerprint density at radius 3 is 1.91 bits per heavy atom. The number of nitriles is 1. The Kier molecular flexibility index (Phi) is 7.36. The molecule has 1 saturated heterocycles. The van der Waals surface area contributed by atoms with Crippen molar-refractivity contribution in [2.24, 2.45) is 0 Å². The Balaban J connectivity index is 2.05. The maximum absolute atomic E-state index is 13.8. The van der Waals surface area contributed by atoms with Crippen LogP contribution in [0.1, 0.15) is 30.1 Å². The molecule has 3 aromatic rings. The second-order valence-electron chi connectivity index (χ2n) is 8.36. The van der Waals surface area contributed by atoms with Gasteiger partial charge in [-0.05, 0) is 67.3 Å². The lowest BCUT2D eigenvalue weighted by molar-refractivity contribution is 0.107. The molecule has 0 atom stereocenters. The summed E-state index contributed by atoms with van der Waals surface area (Å²) in [5, 5.41) is 13.3. The van der Waals surface area contributed by atoms with Crippen LogP contribution < -0.4 is 15.3 Å². The first-order valence-electron chi connectivity index (χ1n) is 11.5. The molecular weight excluding hydrogens is 439 g/mol. The average molecular weight is 469 g/mol. The molecule has 1 aliphatic heterocycles. The van der Waals surface area contributed by atoms with Crippen molar-refractivity contribution >= 4 is 29.1 Å². The van der Waals surface area contributed by atoms with E-state index < -0.39 is 6.89 Å². The van der Waals surface area contributed by atoms with Crippen LogP contribution in [0, 0.1) is 11.3 Å². The van der Waals surface area contributed by atoms with Gasteiger partial charge in [-0.15, -0.1) is 0 Å². The van der Waals surface area contributed by atoms with E-state index in [-0.39, 0.29) is 5.78 Å². The van der Waals surface area contributed by atoms with Gasteiger partial charge in [0.2, 0.25) is 0 Å². The van der Waals surface area contributed by atoms with E-state index in [4.69, 9.17) is 4.74 Å². The molecule has 0 unspecified atom stereocenters. The number of hydrogen-bond acceptors (Lipinski definition) is 4. The van der Waals surface area contributed by atoms with E-state index in [1.54, 1.807) is 31.4 Å². The van der Waals surface area contributed by atoms with Crippen LogP contribution in [0.25, 0.3) is 0 Å². The minimum absolute atomic E-state index is 0.0920. The number of hydrogen-bond donors (Lipinski definition) is 0. The van der Waals surface area contributed by atoms with Crippen molar-refractivity contribution in [3.05, 3.63) is 102 Å². The van der Waals surface area contributed by atoms with E-state index in [1.807, 2.05) is 73.4 Å². The molecule has 1 aliphatic rings. The fraction of sp³-hybridized carbons (Fsp3) is 0.207. The van der Waals surface area contributed by atoms with Crippen molar-refractivity contribution < 1.29 is 9.53 Å². The Morgan fingerprint density at radius 2 is 1.44 bits per heavy atom. The highest BCUT2D eigenvalue weighted by Crippen LogP contribution is 2.54. The predicted molar refractivity (Wildman–Crippen MR) is 142 cm³/mol.